The molecule has 2 aromatic rings. The van der Waals surface area contributed by atoms with Crippen molar-refractivity contribution >= 4 is 0 Å². The number of piperidine rings is 1. The highest BCUT2D eigenvalue weighted by Crippen LogP contribution is 2.26. The number of benzene rings is 2. The van der Waals surface area contributed by atoms with Gasteiger partial charge in [-0.2, -0.15) is 0 Å². The lowest BCUT2D eigenvalue weighted by Crippen LogP contribution is -2.41. The van der Waals surface area contributed by atoms with Gasteiger partial charge in [-0.3, -0.25) is 0 Å². The van der Waals surface area contributed by atoms with E-state index in [2.05, 4.69) is 47.4 Å². The fourth-order valence-corrected chi connectivity index (χ4v) is 4.50. The summed E-state index contributed by atoms with van der Waals surface area (Å²) >= 11 is 0. The van der Waals surface area contributed by atoms with E-state index >= 15 is 0 Å². The molecule has 1 N–H and O–H groups in total. The van der Waals surface area contributed by atoms with Gasteiger partial charge >= 0.3 is 0 Å². The summed E-state index contributed by atoms with van der Waals surface area (Å²) in [5.74, 6) is 1.67. The van der Waals surface area contributed by atoms with Crippen LogP contribution in [0.1, 0.15) is 36.0 Å². The number of aliphatic hydroxyl groups excluding tert-OH is 1. The Morgan fingerprint density at radius 3 is 2.59 bits per heavy atom. The van der Waals surface area contributed by atoms with E-state index in [4.69, 9.17) is 4.74 Å². The van der Waals surface area contributed by atoms with Gasteiger partial charge in [-0.25, -0.2) is 0 Å². The molecule has 0 amide bonds. The van der Waals surface area contributed by atoms with E-state index in [0.29, 0.717) is 13.2 Å². The molecule has 1 unspecified atom stereocenters. The van der Waals surface area contributed by atoms with E-state index in [1.165, 1.54) is 48.8 Å². The molecule has 0 spiro atoms. The Balaban J connectivity index is 1.18. The van der Waals surface area contributed by atoms with Gasteiger partial charge in [0.2, 0.25) is 0 Å². The molecule has 0 aromatic heterocycles. The van der Waals surface area contributed by atoms with E-state index in [0.717, 1.165) is 31.2 Å². The molecule has 0 radical (unpaired) electrons. The number of fused-ring (bicyclic) bond motifs is 1. The van der Waals surface area contributed by atoms with Crippen LogP contribution in [0.25, 0.3) is 0 Å². The van der Waals surface area contributed by atoms with Crippen molar-refractivity contribution in [3.8, 4) is 5.75 Å². The SMILES string of the molecule is OC(COc1ccc2c(c1)CCC2)CN1CCC(Cc2ccccc2)CC1. The molecule has 0 saturated carbocycles. The van der Waals surface area contributed by atoms with Gasteiger partial charge < -0.3 is 14.7 Å². The Hall–Kier alpha value is -1.84. The number of nitrogens with zero attached hydrogens (tertiary/aromatic N) is 1. The number of hydrogen-bond acceptors (Lipinski definition) is 3. The van der Waals surface area contributed by atoms with Crippen molar-refractivity contribution in [2.75, 3.05) is 26.2 Å². The Morgan fingerprint density at radius 1 is 1.00 bits per heavy atom. The van der Waals surface area contributed by atoms with Crippen LogP contribution in [0.3, 0.4) is 0 Å². The topological polar surface area (TPSA) is 32.7 Å². The highest BCUT2D eigenvalue weighted by atomic mass is 16.5. The number of β-amino-alcohol motifs (C(OH)–C–C–N with tert-alkyl or cyclic N) is 1. The molecule has 2 aromatic carbocycles. The number of aliphatic hydroxyl groups is 1. The maximum absolute atomic E-state index is 10.4. The third-order valence-corrected chi connectivity index (χ3v) is 6.06. The van der Waals surface area contributed by atoms with E-state index in [1.807, 2.05) is 6.07 Å². The molecule has 3 nitrogen and oxygen atoms in total. The molecule has 144 valence electrons. The number of hydrogen-bond donors (Lipinski definition) is 1. The fourth-order valence-electron chi connectivity index (χ4n) is 4.50. The van der Waals surface area contributed by atoms with Gasteiger partial charge in [-0.05, 0) is 86.4 Å². The Kier molecular flexibility index (Phi) is 6.10. The maximum Gasteiger partial charge on any atom is 0.119 e. The first-order chi connectivity index (χ1) is 13.3. The first-order valence-corrected chi connectivity index (χ1v) is 10.5. The van der Waals surface area contributed by atoms with E-state index in [-0.39, 0.29) is 0 Å². The van der Waals surface area contributed by atoms with Crippen LogP contribution in [-0.4, -0.2) is 42.4 Å². The standard InChI is InChI=1S/C24H31NO2/c26-23(18-27-24-10-9-21-7-4-8-22(21)16-24)17-25-13-11-20(12-14-25)15-19-5-2-1-3-6-19/h1-3,5-6,9-10,16,20,23,26H,4,7-8,11-15,17-18H2. The summed E-state index contributed by atoms with van der Waals surface area (Å²) in [6.07, 6.45) is 6.79. The third kappa shape index (κ3) is 5.12. The highest BCUT2D eigenvalue weighted by molar-refractivity contribution is 5.38. The molecule has 1 aliphatic heterocycles. The lowest BCUT2D eigenvalue weighted by atomic mass is 9.90. The largest absolute Gasteiger partial charge is 0.491 e. The molecule has 1 atom stereocenters. The average molecular weight is 366 g/mol. The Labute approximate surface area is 163 Å². The molecule has 1 heterocycles. The van der Waals surface area contributed by atoms with Crippen molar-refractivity contribution in [1.29, 1.82) is 0 Å². The average Bonchev–Trinajstić information content (AvgIpc) is 3.17. The fraction of sp³-hybridized carbons (Fsp3) is 0.500. The van der Waals surface area contributed by atoms with Crippen molar-refractivity contribution in [2.24, 2.45) is 5.92 Å². The van der Waals surface area contributed by atoms with Crippen LogP contribution < -0.4 is 4.74 Å². The molecule has 4 rings (SSSR count). The quantitative estimate of drug-likeness (QED) is 0.808. The predicted octanol–water partition coefficient (Wildman–Crippen LogP) is 3.87. The van der Waals surface area contributed by atoms with Crippen molar-refractivity contribution in [3.05, 3.63) is 65.2 Å². The minimum absolute atomic E-state index is 0.378. The van der Waals surface area contributed by atoms with Crippen molar-refractivity contribution < 1.29 is 9.84 Å². The van der Waals surface area contributed by atoms with Gasteiger partial charge in [0.1, 0.15) is 18.5 Å². The lowest BCUT2D eigenvalue weighted by molar-refractivity contribution is 0.0550. The van der Waals surface area contributed by atoms with Crippen molar-refractivity contribution in [3.63, 3.8) is 0 Å². The molecule has 3 heteroatoms. The van der Waals surface area contributed by atoms with E-state index in [1.54, 1.807) is 0 Å². The van der Waals surface area contributed by atoms with Gasteiger partial charge in [-0.1, -0.05) is 36.4 Å². The van der Waals surface area contributed by atoms with Gasteiger partial charge in [-0.15, -0.1) is 0 Å². The first kappa shape index (κ1) is 18.5. The minimum Gasteiger partial charge on any atom is -0.491 e. The molecule has 27 heavy (non-hydrogen) atoms. The first-order valence-electron chi connectivity index (χ1n) is 10.5. The Bertz CT molecular complexity index is 722. The van der Waals surface area contributed by atoms with E-state index < -0.39 is 6.10 Å². The molecule has 1 aliphatic carbocycles. The second kappa shape index (κ2) is 8.90. The maximum atomic E-state index is 10.4. The molecule has 2 aliphatic rings. The van der Waals surface area contributed by atoms with Crippen LogP contribution in [0, 0.1) is 5.92 Å². The van der Waals surface area contributed by atoms with Crippen LogP contribution >= 0.6 is 0 Å². The monoisotopic (exact) mass is 365 g/mol. The normalized spacial score (nSPS) is 19.0. The highest BCUT2D eigenvalue weighted by Gasteiger charge is 2.21. The summed E-state index contributed by atoms with van der Waals surface area (Å²) in [5, 5.41) is 10.4. The molecular formula is C24H31NO2. The third-order valence-electron chi connectivity index (χ3n) is 6.06. The van der Waals surface area contributed by atoms with Gasteiger partial charge in [0.05, 0.1) is 0 Å². The summed E-state index contributed by atoms with van der Waals surface area (Å²) in [6, 6.07) is 17.2. The molecule has 0 bridgehead atoms. The Morgan fingerprint density at radius 2 is 1.78 bits per heavy atom. The van der Waals surface area contributed by atoms with Crippen LogP contribution in [0.2, 0.25) is 0 Å². The molecule has 1 fully saturated rings. The summed E-state index contributed by atoms with van der Waals surface area (Å²) in [7, 11) is 0. The van der Waals surface area contributed by atoms with E-state index in [9.17, 15) is 5.11 Å². The second-order valence-electron chi connectivity index (χ2n) is 8.18. The zero-order chi connectivity index (χ0) is 18.5. The minimum atomic E-state index is -0.427. The van der Waals surface area contributed by atoms with Crippen molar-refractivity contribution in [2.45, 2.75) is 44.6 Å². The second-order valence-corrected chi connectivity index (χ2v) is 8.18. The smallest absolute Gasteiger partial charge is 0.119 e. The van der Waals surface area contributed by atoms with Crippen LogP contribution in [0.4, 0.5) is 0 Å². The summed E-state index contributed by atoms with van der Waals surface area (Å²) < 4.78 is 5.86. The van der Waals surface area contributed by atoms with Gasteiger partial charge in [0, 0.05) is 6.54 Å². The number of aryl methyl sites for hydroxylation is 2. The van der Waals surface area contributed by atoms with Crippen LogP contribution in [0.15, 0.2) is 48.5 Å². The number of ether oxygens (including phenoxy) is 1. The van der Waals surface area contributed by atoms with Gasteiger partial charge in [0.25, 0.3) is 0 Å². The summed E-state index contributed by atoms with van der Waals surface area (Å²) in [4.78, 5) is 2.39. The van der Waals surface area contributed by atoms with Gasteiger partial charge in [0.15, 0.2) is 0 Å². The lowest BCUT2D eigenvalue weighted by Gasteiger charge is -2.33. The zero-order valence-corrected chi connectivity index (χ0v) is 16.1. The zero-order valence-electron chi connectivity index (χ0n) is 16.1. The predicted molar refractivity (Wildman–Crippen MR) is 109 cm³/mol. The van der Waals surface area contributed by atoms with Crippen LogP contribution in [0.5, 0.6) is 5.75 Å². The number of rotatable bonds is 7. The summed E-state index contributed by atoms with van der Waals surface area (Å²) in [6.45, 7) is 3.24. The van der Waals surface area contributed by atoms with Crippen molar-refractivity contribution in [1.82, 2.24) is 4.90 Å². The number of likely N-dealkylation sites (tertiary alicyclic amines) is 1. The van der Waals surface area contributed by atoms with Crippen LogP contribution in [-0.2, 0) is 19.3 Å². The summed E-state index contributed by atoms with van der Waals surface area (Å²) in [5.41, 5.74) is 4.32. The molecule has 1 saturated heterocycles. The molecular weight excluding hydrogens is 334 g/mol.